The molecular formula is C32H37N4O8P. The maximum atomic E-state index is 13.6. The van der Waals surface area contributed by atoms with Crippen LogP contribution in [0.2, 0.25) is 0 Å². The zero-order valence-electron chi connectivity index (χ0n) is 25.7. The number of ether oxygens (including phenoxy) is 2. The molecule has 2 N–H and O–H groups in total. The molecule has 0 bridgehead atoms. The molecule has 12 nitrogen and oxygen atoms in total. The topological polar surface area (TPSA) is 171 Å². The van der Waals surface area contributed by atoms with E-state index in [-0.39, 0.29) is 18.2 Å². The van der Waals surface area contributed by atoms with E-state index in [0.29, 0.717) is 53.1 Å². The number of fused-ring (bicyclic) bond motifs is 2. The molecule has 4 atom stereocenters. The Balaban J connectivity index is 0.000000598. The molecule has 0 aromatic heterocycles. The van der Waals surface area contributed by atoms with Gasteiger partial charge in [0, 0.05) is 37.9 Å². The van der Waals surface area contributed by atoms with Crippen LogP contribution in [0, 0.1) is 22.7 Å². The fourth-order valence-electron chi connectivity index (χ4n) is 6.07. The van der Waals surface area contributed by atoms with E-state index in [9.17, 15) is 29.6 Å². The number of benzene rings is 2. The third-order valence-electron chi connectivity index (χ3n) is 8.40. The van der Waals surface area contributed by atoms with E-state index in [1.54, 1.807) is 69.0 Å². The summed E-state index contributed by atoms with van der Waals surface area (Å²) in [7, 11) is -4.78. The van der Waals surface area contributed by atoms with Gasteiger partial charge in [-0.15, -0.1) is 0 Å². The maximum absolute atomic E-state index is 13.6. The molecule has 0 radical (unpaired) electrons. The molecule has 2 amide bonds. The fourth-order valence-corrected chi connectivity index (χ4v) is 7.42. The number of rotatable bonds is 5. The van der Waals surface area contributed by atoms with E-state index in [2.05, 4.69) is 17.5 Å². The van der Waals surface area contributed by atoms with Crippen molar-refractivity contribution < 1.29 is 37.6 Å². The van der Waals surface area contributed by atoms with E-state index in [4.69, 9.17) is 18.5 Å². The Morgan fingerprint density at radius 2 is 1.62 bits per heavy atom. The van der Waals surface area contributed by atoms with Gasteiger partial charge in [0.15, 0.2) is 0 Å². The predicted molar refractivity (Wildman–Crippen MR) is 161 cm³/mol. The molecule has 6 rings (SSSR count). The number of amides is 2. The second-order valence-electron chi connectivity index (χ2n) is 12.6. The van der Waals surface area contributed by atoms with Crippen LogP contribution >= 0.6 is 7.82 Å². The van der Waals surface area contributed by atoms with Crippen molar-refractivity contribution in [1.82, 2.24) is 10.2 Å². The summed E-state index contributed by atoms with van der Waals surface area (Å²) in [5.41, 5.74) is -0.101. The second-order valence-corrected chi connectivity index (χ2v) is 14.0. The van der Waals surface area contributed by atoms with Crippen molar-refractivity contribution >= 4 is 19.6 Å². The minimum absolute atomic E-state index is 0.111. The van der Waals surface area contributed by atoms with Crippen LogP contribution in [-0.2, 0) is 29.6 Å². The Morgan fingerprint density at radius 1 is 0.956 bits per heavy atom. The molecule has 13 heteroatoms. The Morgan fingerprint density at radius 3 is 2.20 bits per heavy atom. The highest BCUT2D eigenvalue weighted by Gasteiger charge is 2.53. The van der Waals surface area contributed by atoms with Crippen LogP contribution in [0.25, 0.3) is 0 Å². The Bertz CT molecular complexity index is 1620. The number of hydrogen-bond acceptors (Lipinski definition) is 9. The SMILES string of the molecule is CC1(C)Oc2ccc(C#N)cc2C[C@@H]1OP(=O)(O)O[C@H]1[C@H](N2CCCC2=O)c2cc(C#N)ccc2OC1(C)C.O=C1CCCN1. The minimum atomic E-state index is -4.78. The Hall–Kier alpha value is -3.93. The number of phosphoric acid groups is 1. The van der Waals surface area contributed by atoms with Gasteiger partial charge in [-0.05, 0) is 82.5 Å². The van der Waals surface area contributed by atoms with Crippen LogP contribution in [0.4, 0.5) is 0 Å². The minimum Gasteiger partial charge on any atom is -0.485 e. The third kappa shape index (κ3) is 7.00. The van der Waals surface area contributed by atoms with E-state index in [1.165, 1.54) is 0 Å². The lowest BCUT2D eigenvalue weighted by atomic mass is 9.85. The molecular weight excluding hydrogens is 599 g/mol. The molecule has 2 fully saturated rings. The summed E-state index contributed by atoms with van der Waals surface area (Å²) in [6.45, 7) is 8.27. The van der Waals surface area contributed by atoms with Gasteiger partial charge in [-0.25, -0.2) is 4.57 Å². The average Bonchev–Trinajstić information content (AvgIpc) is 3.63. The van der Waals surface area contributed by atoms with Gasteiger partial charge in [-0.2, -0.15) is 10.5 Å². The van der Waals surface area contributed by atoms with E-state index in [1.807, 2.05) is 0 Å². The van der Waals surface area contributed by atoms with Crippen molar-refractivity contribution in [2.24, 2.45) is 0 Å². The summed E-state index contributed by atoms with van der Waals surface area (Å²) in [5.74, 6) is 1.14. The number of nitriles is 2. The first-order valence-electron chi connectivity index (χ1n) is 14.9. The Kier molecular flexibility index (Phi) is 8.99. The van der Waals surface area contributed by atoms with Gasteiger partial charge in [-0.1, -0.05) is 0 Å². The van der Waals surface area contributed by atoms with E-state index >= 15 is 0 Å². The van der Waals surface area contributed by atoms with Crippen LogP contribution in [0.15, 0.2) is 36.4 Å². The molecule has 1 unspecified atom stereocenters. The third-order valence-corrected chi connectivity index (χ3v) is 9.42. The predicted octanol–water partition coefficient (Wildman–Crippen LogP) is 4.45. The smallest absolute Gasteiger partial charge is 0.473 e. The number of nitrogens with one attached hydrogen (secondary N) is 1. The molecule has 4 heterocycles. The first-order valence-corrected chi connectivity index (χ1v) is 16.4. The number of nitrogens with zero attached hydrogens (tertiary/aromatic N) is 3. The van der Waals surface area contributed by atoms with Crippen LogP contribution in [0.5, 0.6) is 11.5 Å². The zero-order valence-corrected chi connectivity index (χ0v) is 26.6. The lowest BCUT2D eigenvalue weighted by Crippen LogP contribution is -2.55. The summed E-state index contributed by atoms with van der Waals surface area (Å²) >= 11 is 0. The molecule has 0 spiro atoms. The number of hydrogen-bond donors (Lipinski definition) is 2. The van der Waals surface area contributed by atoms with Gasteiger partial charge in [0.2, 0.25) is 11.8 Å². The molecule has 2 aromatic carbocycles. The summed E-state index contributed by atoms with van der Waals surface area (Å²) < 4.78 is 37.6. The zero-order chi connectivity index (χ0) is 32.6. The molecule has 45 heavy (non-hydrogen) atoms. The van der Waals surface area contributed by atoms with Gasteiger partial charge < -0.3 is 24.6 Å². The van der Waals surface area contributed by atoms with Crippen molar-refractivity contribution in [1.29, 1.82) is 10.5 Å². The lowest BCUT2D eigenvalue weighted by molar-refractivity contribution is -0.140. The molecule has 4 aliphatic heterocycles. The van der Waals surface area contributed by atoms with E-state index < -0.39 is 37.3 Å². The van der Waals surface area contributed by atoms with Gasteiger partial charge in [0.1, 0.15) is 34.9 Å². The highest BCUT2D eigenvalue weighted by Crippen LogP contribution is 2.55. The Labute approximate surface area is 262 Å². The van der Waals surface area contributed by atoms with Gasteiger partial charge in [0.05, 0.1) is 29.3 Å². The molecule has 0 saturated carbocycles. The number of carbonyl (C=O) groups excluding carboxylic acids is 2. The first kappa shape index (κ1) is 32.5. The lowest BCUT2D eigenvalue weighted by Gasteiger charge is -2.48. The maximum Gasteiger partial charge on any atom is 0.473 e. The van der Waals surface area contributed by atoms with Crippen LogP contribution in [0.1, 0.15) is 81.7 Å². The highest BCUT2D eigenvalue weighted by molar-refractivity contribution is 7.47. The number of carbonyl (C=O) groups is 2. The van der Waals surface area contributed by atoms with Gasteiger partial charge >= 0.3 is 7.82 Å². The highest BCUT2D eigenvalue weighted by atomic mass is 31.2. The summed E-state index contributed by atoms with van der Waals surface area (Å²) in [6, 6.07) is 13.4. The molecule has 238 valence electrons. The summed E-state index contributed by atoms with van der Waals surface area (Å²) in [4.78, 5) is 35.8. The van der Waals surface area contributed by atoms with Crippen molar-refractivity contribution in [3.8, 4) is 23.6 Å². The average molecular weight is 637 g/mol. The largest absolute Gasteiger partial charge is 0.485 e. The number of phosphoric ester groups is 1. The fraction of sp³-hybridized carbons (Fsp3) is 0.500. The first-order chi connectivity index (χ1) is 21.2. The molecule has 4 aliphatic rings. The van der Waals surface area contributed by atoms with Gasteiger partial charge in [-0.3, -0.25) is 18.6 Å². The summed E-state index contributed by atoms with van der Waals surface area (Å²) in [6.07, 6.45) is 0.996. The van der Waals surface area contributed by atoms with Crippen molar-refractivity contribution in [2.45, 2.75) is 89.3 Å². The quantitative estimate of drug-likeness (QED) is 0.447. The normalized spacial score (nSPS) is 25.5. The standard InChI is InChI=1S/C28H30N3O7P.C4H7NO/c1-27(2)23(14-19-12-17(15-29)7-9-21(19)35-27)37-39(33,34)38-26-25(31-11-5-6-24(31)32)20-13-18(16-30)8-10-22(20)36-28(26,3)4;6-4-2-1-3-5-4/h7-10,12-13,23,25-26H,5-6,11,14H2,1-4H3,(H,33,34);1-3H2,(H,5,6)/t23-,25+,26-;/m0./s1. The monoisotopic (exact) mass is 636 g/mol. The van der Waals surface area contributed by atoms with Crippen molar-refractivity contribution in [3.05, 3.63) is 58.7 Å². The second kappa shape index (κ2) is 12.5. The molecule has 2 saturated heterocycles. The summed E-state index contributed by atoms with van der Waals surface area (Å²) in [5, 5.41) is 21.5. The number of likely N-dealkylation sites (tertiary alicyclic amines) is 1. The van der Waals surface area contributed by atoms with Crippen LogP contribution in [-0.4, -0.2) is 58.1 Å². The van der Waals surface area contributed by atoms with Gasteiger partial charge in [0.25, 0.3) is 0 Å². The molecule has 0 aliphatic carbocycles. The van der Waals surface area contributed by atoms with Crippen molar-refractivity contribution in [2.75, 3.05) is 13.1 Å². The van der Waals surface area contributed by atoms with E-state index in [0.717, 1.165) is 19.4 Å². The van der Waals surface area contributed by atoms with Crippen molar-refractivity contribution in [3.63, 3.8) is 0 Å². The van der Waals surface area contributed by atoms with Crippen LogP contribution < -0.4 is 14.8 Å². The van der Waals surface area contributed by atoms with Crippen LogP contribution in [0.3, 0.4) is 0 Å². The molecule has 2 aromatic rings.